The van der Waals surface area contributed by atoms with Crippen molar-refractivity contribution in [3.63, 3.8) is 0 Å². The van der Waals surface area contributed by atoms with E-state index in [1.54, 1.807) is 0 Å². The number of aliphatic hydroxyl groups excluding tert-OH is 2. The quantitative estimate of drug-likeness (QED) is 0.0930. The third-order valence-corrected chi connectivity index (χ3v) is 7.64. The Morgan fingerprint density at radius 1 is 0.412 bits per heavy atom. The summed E-state index contributed by atoms with van der Waals surface area (Å²) in [6, 6.07) is 0. The lowest BCUT2D eigenvalue weighted by atomic mass is 9.93. The normalized spacial score (nSPS) is 12.0. The van der Waals surface area contributed by atoms with E-state index in [0.29, 0.717) is 0 Å². The minimum atomic E-state index is -0.475. The van der Waals surface area contributed by atoms with Crippen LogP contribution in [0.2, 0.25) is 0 Å². The molecular formula is C31H65NO2. The van der Waals surface area contributed by atoms with Gasteiger partial charge < -0.3 is 15.5 Å². The maximum atomic E-state index is 9.90. The standard InChI is InChI=1S/C31H65NO2/c1-3-5-7-9-11-13-14-15-16-17-18-19-20-21-23-25-27-31(29-33,30-34)32-28-26-24-22-12-10-8-6-4-2/h32-34H,3-30H2,1-2H3. The van der Waals surface area contributed by atoms with E-state index < -0.39 is 5.54 Å². The Balaban J connectivity index is 3.52. The van der Waals surface area contributed by atoms with Crippen LogP contribution in [0.4, 0.5) is 0 Å². The molecule has 0 heterocycles. The van der Waals surface area contributed by atoms with Crippen LogP contribution < -0.4 is 5.32 Å². The van der Waals surface area contributed by atoms with E-state index in [4.69, 9.17) is 0 Å². The van der Waals surface area contributed by atoms with Gasteiger partial charge >= 0.3 is 0 Å². The predicted octanol–water partition coefficient (Wildman–Crippen LogP) is 9.09. The molecule has 0 aromatic carbocycles. The Kier molecular flexibility index (Phi) is 27.4. The van der Waals surface area contributed by atoms with Crippen molar-refractivity contribution in [1.82, 2.24) is 5.32 Å². The van der Waals surface area contributed by atoms with Crippen molar-refractivity contribution < 1.29 is 10.2 Å². The third-order valence-electron chi connectivity index (χ3n) is 7.64. The van der Waals surface area contributed by atoms with E-state index in [9.17, 15) is 10.2 Å². The molecule has 0 aliphatic rings. The van der Waals surface area contributed by atoms with Crippen LogP contribution in [0, 0.1) is 0 Å². The first-order valence-corrected chi connectivity index (χ1v) is 15.7. The van der Waals surface area contributed by atoms with E-state index in [0.717, 1.165) is 25.8 Å². The Labute approximate surface area is 215 Å². The summed E-state index contributed by atoms with van der Waals surface area (Å²) in [7, 11) is 0. The Morgan fingerprint density at radius 3 is 1.03 bits per heavy atom. The van der Waals surface area contributed by atoms with Crippen LogP contribution in [0.25, 0.3) is 0 Å². The molecule has 34 heavy (non-hydrogen) atoms. The summed E-state index contributed by atoms with van der Waals surface area (Å²) in [5, 5.41) is 23.3. The maximum Gasteiger partial charge on any atom is 0.0648 e. The SMILES string of the molecule is CCCCCCCCCCCCCCCCCCC(CO)(CO)NCCCCCCCCCC. The first kappa shape index (κ1) is 33.9. The van der Waals surface area contributed by atoms with E-state index in [-0.39, 0.29) is 13.2 Å². The fraction of sp³-hybridized carbons (Fsp3) is 1.00. The number of rotatable bonds is 29. The lowest BCUT2D eigenvalue weighted by molar-refractivity contribution is 0.0816. The zero-order valence-corrected chi connectivity index (χ0v) is 23.7. The smallest absolute Gasteiger partial charge is 0.0648 e. The highest BCUT2D eigenvalue weighted by molar-refractivity contribution is 4.86. The molecule has 0 aromatic heterocycles. The molecule has 0 radical (unpaired) electrons. The molecule has 0 saturated heterocycles. The van der Waals surface area contributed by atoms with Gasteiger partial charge in [-0.15, -0.1) is 0 Å². The second-order valence-electron chi connectivity index (χ2n) is 11.1. The van der Waals surface area contributed by atoms with Crippen molar-refractivity contribution in [3.8, 4) is 0 Å². The molecular weight excluding hydrogens is 418 g/mol. The zero-order valence-electron chi connectivity index (χ0n) is 23.7. The highest BCUT2D eigenvalue weighted by Gasteiger charge is 2.27. The molecule has 0 saturated carbocycles. The van der Waals surface area contributed by atoms with Gasteiger partial charge in [0.25, 0.3) is 0 Å². The topological polar surface area (TPSA) is 52.5 Å². The summed E-state index contributed by atoms with van der Waals surface area (Å²) in [6.45, 7) is 5.55. The Bertz CT molecular complexity index is 370. The minimum absolute atomic E-state index is 0.0409. The summed E-state index contributed by atoms with van der Waals surface area (Å²) in [6.07, 6.45) is 33.4. The molecule has 0 aromatic rings. The van der Waals surface area contributed by atoms with E-state index in [2.05, 4.69) is 19.2 Å². The number of nitrogens with one attached hydrogen (secondary N) is 1. The van der Waals surface area contributed by atoms with Crippen molar-refractivity contribution in [2.24, 2.45) is 0 Å². The van der Waals surface area contributed by atoms with Crippen LogP contribution in [0.3, 0.4) is 0 Å². The molecule has 0 fully saturated rings. The minimum Gasteiger partial charge on any atom is -0.394 e. The molecule has 0 bridgehead atoms. The van der Waals surface area contributed by atoms with E-state index in [1.807, 2.05) is 0 Å². The van der Waals surface area contributed by atoms with Crippen molar-refractivity contribution in [1.29, 1.82) is 0 Å². The predicted molar refractivity (Wildman–Crippen MR) is 152 cm³/mol. The first-order chi connectivity index (χ1) is 16.7. The monoisotopic (exact) mass is 484 g/mol. The Morgan fingerprint density at radius 2 is 0.706 bits per heavy atom. The van der Waals surface area contributed by atoms with Gasteiger partial charge in [-0.2, -0.15) is 0 Å². The first-order valence-electron chi connectivity index (χ1n) is 15.7. The van der Waals surface area contributed by atoms with Crippen molar-refractivity contribution in [3.05, 3.63) is 0 Å². The highest BCUT2D eigenvalue weighted by Crippen LogP contribution is 2.18. The fourth-order valence-corrected chi connectivity index (χ4v) is 5.03. The lowest BCUT2D eigenvalue weighted by Gasteiger charge is -2.31. The van der Waals surface area contributed by atoms with Crippen molar-refractivity contribution in [2.75, 3.05) is 19.8 Å². The van der Waals surface area contributed by atoms with Crippen LogP contribution in [0.15, 0.2) is 0 Å². The molecule has 0 spiro atoms. The van der Waals surface area contributed by atoms with Gasteiger partial charge in [-0.3, -0.25) is 0 Å². The summed E-state index contributed by atoms with van der Waals surface area (Å²) in [5.41, 5.74) is -0.475. The van der Waals surface area contributed by atoms with Gasteiger partial charge in [0.05, 0.1) is 18.8 Å². The molecule has 0 aliphatic heterocycles. The molecule has 0 unspecified atom stereocenters. The van der Waals surface area contributed by atoms with Gasteiger partial charge in [0.2, 0.25) is 0 Å². The van der Waals surface area contributed by atoms with Gasteiger partial charge in [0.1, 0.15) is 0 Å². The second kappa shape index (κ2) is 27.5. The fourth-order valence-electron chi connectivity index (χ4n) is 5.03. The van der Waals surface area contributed by atoms with Gasteiger partial charge in [0.15, 0.2) is 0 Å². The van der Waals surface area contributed by atoms with E-state index in [1.165, 1.54) is 141 Å². The summed E-state index contributed by atoms with van der Waals surface area (Å²) < 4.78 is 0. The highest BCUT2D eigenvalue weighted by atomic mass is 16.3. The van der Waals surface area contributed by atoms with Crippen LogP contribution in [-0.2, 0) is 0 Å². The lowest BCUT2D eigenvalue weighted by Crippen LogP contribution is -2.52. The number of aliphatic hydroxyl groups is 2. The van der Waals surface area contributed by atoms with Crippen LogP contribution in [-0.4, -0.2) is 35.5 Å². The molecule has 206 valence electrons. The van der Waals surface area contributed by atoms with Gasteiger partial charge in [-0.25, -0.2) is 0 Å². The van der Waals surface area contributed by atoms with Crippen LogP contribution in [0.5, 0.6) is 0 Å². The average Bonchev–Trinajstić information content (AvgIpc) is 2.86. The van der Waals surface area contributed by atoms with E-state index >= 15 is 0 Å². The second-order valence-corrected chi connectivity index (χ2v) is 11.1. The van der Waals surface area contributed by atoms with Gasteiger partial charge in [-0.05, 0) is 19.4 Å². The van der Waals surface area contributed by atoms with Crippen LogP contribution >= 0.6 is 0 Å². The largest absolute Gasteiger partial charge is 0.394 e. The average molecular weight is 484 g/mol. The molecule has 0 rings (SSSR count). The number of hydrogen-bond donors (Lipinski definition) is 3. The van der Waals surface area contributed by atoms with Crippen LogP contribution in [0.1, 0.15) is 174 Å². The third kappa shape index (κ3) is 22.4. The Hall–Kier alpha value is -0.120. The molecule has 0 aliphatic carbocycles. The molecule has 0 atom stereocenters. The molecule has 3 N–H and O–H groups in total. The molecule has 0 amide bonds. The summed E-state index contributed by atoms with van der Waals surface area (Å²) >= 11 is 0. The zero-order chi connectivity index (χ0) is 25.0. The maximum absolute atomic E-state index is 9.90. The number of hydrogen-bond acceptors (Lipinski definition) is 3. The van der Waals surface area contributed by atoms with Crippen molar-refractivity contribution in [2.45, 2.75) is 180 Å². The van der Waals surface area contributed by atoms with Gasteiger partial charge in [-0.1, -0.05) is 162 Å². The summed E-state index contributed by atoms with van der Waals surface area (Å²) in [5.74, 6) is 0. The molecule has 3 nitrogen and oxygen atoms in total. The van der Waals surface area contributed by atoms with Crippen molar-refractivity contribution >= 4 is 0 Å². The van der Waals surface area contributed by atoms with Gasteiger partial charge in [0, 0.05) is 0 Å². The summed E-state index contributed by atoms with van der Waals surface area (Å²) in [4.78, 5) is 0. The number of unbranched alkanes of at least 4 members (excludes halogenated alkanes) is 22. The molecule has 3 heteroatoms.